The molecule has 3 aliphatic heterocycles. The number of carbonyl (C=O) groups excluding carboxylic acids is 2. The van der Waals surface area contributed by atoms with Crippen LogP contribution in [-0.2, 0) is 30.2 Å². The largest absolute Gasteiger partial charge is 0.497 e. The van der Waals surface area contributed by atoms with Gasteiger partial charge in [-0.1, -0.05) is 12.7 Å². The topological polar surface area (TPSA) is 124 Å². The third-order valence-corrected chi connectivity index (χ3v) is 8.10. The van der Waals surface area contributed by atoms with Gasteiger partial charge in [-0.15, -0.1) is 0 Å². The lowest BCUT2D eigenvalue weighted by Gasteiger charge is -2.40. The van der Waals surface area contributed by atoms with E-state index in [0.29, 0.717) is 17.3 Å². The highest BCUT2D eigenvalue weighted by Crippen LogP contribution is 2.55. The summed E-state index contributed by atoms with van der Waals surface area (Å²) in [4.78, 5) is 28.6. The molecule has 4 aliphatic rings. The number of methoxy groups -OCH3 is 1. The van der Waals surface area contributed by atoms with E-state index >= 15 is 0 Å². The van der Waals surface area contributed by atoms with Gasteiger partial charge in [-0.25, -0.2) is 4.79 Å². The van der Waals surface area contributed by atoms with E-state index in [1.807, 2.05) is 12.1 Å². The number of hydrogen-bond acceptors (Lipinski definition) is 10. The van der Waals surface area contributed by atoms with Crippen molar-refractivity contribution in [3.63, 3.8) is 0 Å². The molecule has 10 heteroatoms. The maximum absolute atomic E-state index is 13.8. The van der Waals surface area contributed by atoms with Gasteiger partial charge in [0.1, 0.15) is 12.4 Å². The normalized spacial score (nSPS) is 26.8. The number of ether oxygens (including phenoxy) is 5. The summed E-state index contributed by atoms with van der Waals surface area (Å²) < 4.78 is 28.3. The molecule has 39 heavy (non-hydrogen) atoms. The Kier molecular flexibility index (Phi) is 7.15. The van der Waals surface area contributed by atoms with Crippen molar-refractivity contribution in [2.75, 3.05) is 33.6 Å². The summed E-state index contributed by atoms with van der Waals surface area (Å²) in [5.41, 5.74) is -2.21. The van der Waals surface area contributed by atoms with E-state index < -0.39 is 47.6 Å². The van der Waals surface area contributed by atoms with Gasteiger partial charge in [-0.05, 0) is 69.0 Å². The van der Waals surface area contributed by atoms with E-state index in [4.69, 9.17) is 23.7 Å². The van der Waals surface area contributed by atoms with Gasteiger partial charge in [-0.2, -0.15) is 0 Å². The third-order valence-electron chi connectivity index (χ3n) is 8.10. The SMILES string of the molecule is C=CCOC(=O)C[C@](O)(CC(C)(C)O)C(=O)OC1C(OC)=CC23CCCN2CCc2cc4c(cc2[C@H]13)OCO4. The first-order chi connectivity index (χ1) is 18.5. The molecule has 1 aromatic carbocycles. The zero-order valence-electron chi connectivity index (χ0n) is 22.7. The Morgan fingerprint density at radius 2 is 1.97 bits per heavy atom. The van der Waals surface area contributed by atoms with Crippen LogP contribution < -0.4 is 9.47 Å². The van der Waals surface area contributed by atoms with Crippen molar-refractivity contribution in [2.45, 2.75) is 74.7 Å². The van der Waals surface area contributed by atoms with Crippen LogP contribution in [-0.4, -0.2) is 83.5 Å². The minimum atomic E-state index is -2.33. The highest BCUT2D eigenvalue weighted by atomic mass is 16.7. The van der Waals surface area contributed by atoms with Gasteiger partial charge in [0.25, 0.3) is 0 Å². The average molecular weight is 544 g/mol. The fraction of sp³-hybridized carbons (Fsp3) is 0.586. The third kappa shape index (κ3) is 5.01. The Morgan fingerprint density at radius 3 is 2.67 bits per heavy atom. The van der Waals surface area contributed by atoms with Crippen LogP contribution in [0.2, 0.25) is 0 Å². The number of esters is 2. The van der Waals surface area contributed by atoms with Crippen LogP contribution in [0.25, 0.3) is 0 Å². The lowest BCUT2D eigenvalue weighted by atomic mass is 9.77. The Hall–Kier alpha value is -3.08. The summed E-state index contributed by atoms with van der Waals surface area (Å²) in [6.45, 7) is 8.19. The van der Waals surface area contributed by atoms with E-state index in [9.17, 15) is 19.8 Å². The molecule has 10 nitrogen and oxygen atoms in total. The highest BCUT2D eigenvalue weighted by Gasteiger charge is 2.59. The molecule has 1 saturated heterocycles. The molecule has 0 saturated carbocycles. The summed E-state index contributed by atoms with van der Waals surface area (Å²) in [5.74, 6) is -0.376. The number of benzene rings is 1. The molecule has 4 atom stereocenters. The van der Waals surface area contributed by atoms with E-state index in [1.54, 1.807) is 0 Å². The molecule has 0 radical (unpaired) electrons. The predicted molar refractivity (Wildman–Crippen MR) is 139 cm³/mol. The minimum Gasteiger partial charge on any atom is -0.497 e. The van der Waals surface area contributed by atoms with Crippen molar-refractivity contribution >= 4 is 11.9 Å². The van der Waals surface area contributed by atoms with Crippen molar-refractivity contribution in [3.05, 3.63) is 47.7 Å². The molecular weight excluding hydrogens is 506 g/mol. The van der Waals surface area contributed by atoms with Gasteiger partial charge in [-0.3, -0.25) is 9.69 Å². The second-order valence-electron chi connectivity index (χ2n) is 11.5. The van der Waals surface area contributed by atoms with Crippen molar-refractivity contribution in [2.24, 2.45) is 0 Å². The highest BCUT2D eigenvalue weighted by molar-refractivity contribution is 5.86. The van der Waals surface area contributed by atoms with Gasteiger partial charge in [0.2, 0.25) is 6.79 Å². The monoisotopic (exact) mass is 543 g/mol. The Labute approximate surface area is 228 Å². The molecule has 1 fully saturated rings. The maximum atomic E-state index is 13.8. The molecule has 3 heterocycles. The average Bonchev–Trinajstić information content (AvgIpc) is 3.55. The first-order valence-corrected chi connectivity index (χ1v) is 13.4. The van der Waals surface area contributed by atoms with Gasteiger partial charge >= 0.3 is 11.9 Å². The predicted octanol–water partition coefficient (Wildman–Crippen LogP) is 2.36. The molecule has 0 aromatic heterocycles. The minimum absolute atomic E-state index is 0.0705. The Morgan fingerprint density at radius 1 is 1.23 bits per heavy atom. The fourth-order valence-corrected chi connectivity index (χ4v) is 6.68. The lowest BCUT2D eigenvalue weighted by Crippen LogP contribution is -2.51. The second-order valence-corrected chi connectivity index (χ2v) is 11.5. The van der Waals surface area contributed by atoms with Crippen LogP contribution >= 0.6 is 0 Å². The zero-order chi connectivity index (χ0) is 28.0. The summed E-state index contributed by atoms with van der Waals surface area (Å²) in [5, 5.41) is 22.0. The number of hydrogen-bond donors (Lipinski definition) is 2. The standard InChI is InChI=1S/C29H37NO9/c1-5-11-36-23(31)15-29(34,16-27(2,3)33)26(32)39-25-22(35-4)14-28-8-6-9-30(28)10-7-18-12-20-21(38-17-37-20)13-19(18)24(25)28/h5,12-14,24-25,33-34H,1,6-11,15-17H2,2-4H3/t24-,25?,28?,29+/m1/s1. The molecule has 0 amide bonds. The fourth-order valence-electron chi connectivity index (χ4n) is 6.68. The molecule has 2 N–H and O–H groups in total. The van der Waals surface area contributed by atoms with Gasteiger partial charge < -0.3 is 33.9 Å². The van der Waals surface area contributed by atoms with Crippen LogP contribution in [0.4, 0.5) is 0 Å². The van der Waals surface area contributed by atoms with Crippen LogP contribution in [0.5, 0.6) is 11.5 Å². The number of fused-ring (bicyclic) bond motifs is 3. The summed E-state index contributed by atoms with van der Waals surface area (Å²) in [7, 11) is 1.53. The summed E-state index contributed by atoms with van der Waals surface area (Å²) in [6, 6.07) is 3.96. The molecule has 1 aromatic rings. The molecular formula is C29H37NO9. The number of carbonyl (C=O) groups is 2. The molecule has 5 rings (SSSR count). The van der Waals surface area contributed by atoms with E-state index in [2.05, 4.69) is 17.6 Å². The van der Waals surface area contributed by atoms with Gasteiger partial charge in [0.15, 0.2) is 23.2 Å². The quantitative estimate of drug-likeness (QED) is 0.354. The van der Waals surface area contributed by atoms with Crippen molar-refractivity contribution in [1.82, 2.24) is 4.90 Å². The summed E-state index contributed by atoms with van der Waals surface area (Å²) in [6.07, 6.45) is 4.06. The Balaban J connectivity index is 1.53. The van der Waals surface area contributed by atoms with Crippen LogP contribution in [0.1, 0.15) is 56.6 Å². The lowest BCUT2D eigenvalue weighted by molar-refractivity contribution is -0.183. The second kappa shape index (κ2) is 10.1. The van der Waals surface area contributed by atoms with Crippen molar-refractivity contribution in [3.8, 4) is 11.5 Å². The van der Waals surface area contributed by atoms with E-state index in [0.717, 1.165) is 43.5 Å². The molecule has 212 valence electrons. The van der Waals surface area contributed by atoms with Crippen molar-refractivity contribution < 1.29 is 43.5 Å². The van der Waals surface area contributed by atoms with E-state index in [-0.39, 0.29) is 19.3 Å². The Bertz CT molecular complexity index is 1190. The number of aliphatic hydroxyl groups is 2. The number of rotatable bonds is 9. The van der Waals surface area contributed by atoms with Crippen molar-refractivity contribution in [1.29, 1.82) is 0 Å². The first-order valence-electron chi connectivity index (χ1n) is 13.4. The van der Waals surface area contributed by atoms with Gasteiger partial charge in [0, 0.05) is 13.0 Å². The number of nitrogens with zero attached hydrogens (tertiary/aromatic N) is 1. The first kappa shape index (κ1) is 27.5. The molecule has 0 bridgehead atoms. The maximum Gasteiger partial charge on any atom is 0.339 e. The van der Waals surface area contributed by atoms with Crippen LogP contribution in [0.3, 0.4) is 0 Å². The van der Waals surface area contributed by atoms with Crippen LogP contribution in [0.15, 0.2) is 36.6 Å². The molecule has 1 spiro atoms. The summed E-state index contributed by atoms with van der Waals surface area (Å²) >= 11 is 0. The zero-order valence-corrected chi connectivity index (χ0v) is 22.7. The van der Waals surface area contributed by atoms with Crippen LogP contribution in [0, 0.1) is 0 Å². The van der Waals surface area contributed by atoms with E-state index in [1.165, 1.54) is 27.0 Å². The van der Waals surface area contributed by atoms with Gasteiger partial charge in [0.05, 0.1) is 30.6 Å². The molecule has 1 aliphatic carbocycles. The molecule has 2 unspecified atom stereocenters. The smallest absolute Gasteiger partial charge is 0.339 e.